The normalized spacial score (nSPS) is 12.8. The lowest BCUT2D eigenvalue weighted by atomic mass is 10.1. The first-order valence-electron chi connectivity index (χ1n) is 11.2. The molecule has 2 aromatic heterocycles. The van der Waals surface area contributed by atoms with E-state index in [-0.39, 0.29) is 16.8 Å². The first-order valence-corrected chi connectivity index (χ1v) is 13.6. The SMILES string of the molecule is CCC[C@@H](NC(=O)c1cc2cc(S(=O)(=O)N(C)C)ccc2n1Cc1ccccc1)c1cccs1. The maximum absolute atomic E-state index is 13.5. The van der Waals surface area contributed by atoms with Gasteiger partial charge in [0.25, 0.3) is 5.91 Å². The molecule has 2 heterocycles. The molecule has 2 aromatic carbocycles. The van der Waals surface area contributed by atoms with Gasteiger partial charge in [0.1, 0.15) is 5.69 Å². The molecule has 1 amide bonds. The minimum atomic E-state index is -3.58. The van der Waals surface area contributed by atoms with Crippen molar-refractivity contribution in [3.05, 3.63) is 88.2 Å². The number of aromatic nitrogens is 1. The average Bonchev–Trinajstić information content (AvgIpc) is 3.48. The zero-order valence-electron chi connectivity index (χ0n) is 19.6. The van der Waals surface area contributed by atoms with Crippen LogP contribution in [0.2, 0.25) is 0 Å². The van der Waals surface area contributed by atoms with Crippen LogP contribution >= 0.6 is 11.3 Å². The molecule has 0 aliphatic heterocycles. The summed E-state index contributed by atoms with van der Waals surface area (Å²) in [7, 11) is -0.559. The highest BCUT2D eigenvalue weighted by Crippen LogP contribution is 2.28. The number of hydrogen-bond acceptors (Lipinski definition) is 4. The number of rotatable bonds is 9. The van der Waals surface area contributed by atoms with Crippen LogP contribution in [0.5, 0.6) is 0 Å². The van der Waals surface area contributed by atoms with Crippen LogP contribution in [0.25, 0.3) is 10.9 Å². The predicted octanol–water partition coefficient (Wildman–Crippen LogP) is 5.27. The van der Waals surface area contributed by atoms with Gasteiger partial charge < -0.3 is 9.88 Å². The van der Waals surface area contributed by atoms with Gasteiger partial charge in [-0.2, -0.15) is 0 Å². The van der Waals surface area contributed by atoms with E-state index in [1.807, 2.05) is 52.4 Å². The van der Waals surface area contributed by atoms with Crippen LogP contribution in [0.4, 0.5) is 0 Å². The number of nitrogens with zero attached hydrogens (tertiary/aromatic N) is 2. The zero-order chi connectivity index (χ0) is 24.3. The predicted molar refractivity (Wildman–Crippen MR) is 138 cm³/mol. The largest absolute Gasteiger partial charge is 0.343 e. The number of sulfonamides is 1. The Bertz CT molecular complexity index is 1380. The van der Waals surface area contributed by atoms with Gasteiger partial charge in [-0.25, -0.2) is 12.7 Å². The Morgan fingerprint density at radius 1 is 1.06 bits per heavy atom. The second-order valence-corrected chi connectivity index (χ2v) is 11.6. The molecule has 0 unspecified atom stereocenters. The van der Waals surface area contributed by atoms with Gasteiger partial charge in [-0.05, 0) is 47.7 Å². The van der Waals surface area contributed by atoms with Crippen molar-refractivity contribution in [3.63, 3.8) is 0 Å². The standard InChI is InChI=1S/C26H29N3O3S2/c1-4-9-22(25-12-8-15-33-25)27-26(30)24-17-20-16-21(34(31,32)28(2)3)13-14-23(20)29(24)18-19-10-6-5-7-11-19/h5-8,10-17,22H,4,9,18H2,1-3H3,(H,27,30)/t22-/m1/s1. The Morgan fingerprint density at radius 3 is 2.47 bits per heavy atom. The summed E-state index contributed by atoms with van der Waals surface area (Å²) in [5.74, 6) is -0.170. The summed E-state index contributed by atoms with van der Waals surface area (Å²) in [5, 5.41) is 5.94. The summed E-state index contributed by atoms with van der Waals surface area (Å²) >= 11 is 1.63. The van der Waals surface area contributed by atoms with E-state index >= 15 is 0 Å². The molecular formula is C26H29N3O3S2. The Morgan fingerprint density at radius 2 is 1.82 bits per heavy atom. The molecule has 6 nitrogen and oxygen atoms in total. The quantitative estimate of drug-likeness (QED) is 0.344. The molecule has 1 N–H and O–H groups in total. The fourth-order valence-electron chi connectivity index (χ4n) is 4.04. The molecule has 0 spiro atoms. The molecule has 0 saturated heterocycles. The van der Waals surface area contributed by atoms with Crippen LogP contribution < -0.4 is 5.32 Å². The number of carbonyl (C=O) groups is 1. The third kappa shape index (κ3) is 4.94. The van der Waals surface area contributed by atoms with E-state index in [0.29, 0.717) is 17.6 Å². The minimum Gasteiger partial charge on any atom is -0.343 e. The van der Waals surface area contributed by atoms with Crippen molar-refractivity contribution in [2.24, 2.45) is 0 Å². The van der Waals surface area contributed by atoms with Crippen molar-refractivity contribution in [2.45, 2.75) is 37.2 Å². The number of carbonyl (C=O) groups excluding carboxylic acids is 1. The molecule has 0 aliphatic rings. The summed E-state index contributed by atoms with van der Waals surface area (Å²) in [5.41, 5.74) is 2.38. The highest BCUT2D eigenvalue weighted by molar-refractivity contribution is 7.89. The molecule has 0 aliphatic carbocycles. The maximum Gasteiger partial charge on any atom is 0.268 e. The van der Waals surface area contributed by atoms with Crippen LogP contribution in [0, 0.1) is 0 Å². The van der Waals surface area contributed by atoms with Crippen molar-refractivity contribution in [2.75, 3.05) is 14.1 Å². The molecule has 4 aromatic rings. The van der Waals surface area contributed by atoms with Gasteiger partial charge in [0.05, 0.1) is 10.9 Å². The summed E-state index contributed by atoms with van der Waals surface area (Å²) in [4.78, 5) is 14.9. The van der Waals surface area contributed by atoms with E-state index in [1.165, 1.54) is 18.4 Å². The highest BCUT2D eigenvalue weighted by atomic mass is 32.2. The van der Waals surface area contributed by atoms with Crippen LogP contribution in [0.15, 0.2) is 77.0 Å². The minimum absolute atomic E-state index is 0.0645. The first kappa shape index (κ1) is 24.2. The second kappa shape index (κ2) is 10.1. The summed E-state index contributed by atoms with van der Waals surface area (Å²) in [6, 6.07) is 20.7. The number of hydrogen-bond donors (Lipinski definition) is 1. The van der Waals surface area contributed by atoms with Crippen molar-refractivity contribution in [1.82, 2.24) is 14.2 Å². The fraction of sp³-hybridized carbons (Fsp3) is 0.269. The summed E-state index contributed by atoms with van der Waals surface area (Å²) in [6.07, 6.45) is 1.79. The Hall–Kier alpha value is -2.94. The van der Waals surface area contributed by atoms with Gasteiger partial charge in [-0.1, -0.05) is 49.7 Å². The molecule has 0 saturated carbocycles. The van der Waals surface area contributed by atoms with E-state index in [0.717, 1.165) is 28.8 Å². The number of thiophene rings is 1. The van der Waals surface area contributed by atoms with Crippen molar-refractivity contribution in [3.8, 4) is 0 Å². The molecule has 0 radical (unpaired) electrons. The van der Waals surface area contributed by atoms with E-state index in [2.05, 4.69) is 12.2 Å². The van der Waals surface area contributed by atoms with Crippen molar-refractivity contribution >= 4 is 38.2 Å². The van der Waals surface area contributed by atoms with E-state index in [4.69, 9.17) is 0 Å². The highest BCUT2D eigenvalue weighted by Gasteiger charge is 2.23. The molecule has 1 atom stereocenters. The third-order valence-corrected chi connectivity index (χ3v) is 8.63. The van der Waals surface area contributed by atoms with E-state index in [9.17, 15) is 13.2 Å². The van der Waals surface area contributed by atoms with E-state index in [1.54, 1.807) is 35.6 Å². The Balaban J connectivity index is 1.78. The molecule has 34 heavy (non-hydrogen) atoms. The van der Waals surface area contributed by atoms with Crippen molar-refractivity contribution in [1.29, 1.82) is 0 Å². The molecule has 8 heteroatoms. The second-order valence-electron chi connectivity index (χ2n) is 8.44. The molecule has 0 bridgehead atoms. The van der Waals surface area contributed by atoms with Gasteiger partial charge in [0.15, 0.2) is 0 Å². The summed E-state index contributed by atoms with van der Waals surface area (Å²) < 4.78 is 28.5. The number of amides is 1. The lowest BCUT2D eigenvalue weighted by Crippen LogP contribution is -2.30. The van der Waals surface area contributed by atoms with Gasteiger partial charge in [0, 0.05) is 36.4 Å². The summed E-state index contributed by atoms with van der Waals surface area (Å²) in [6.45, 7) is 2.61. The van der Waals surface area contributed by atoms with Gasteiger partial charge in [0.2, 0.25) is 10.0 Å². The molecule has 0 fully saturated rings. The average molecular weight is 496 g/mol. The Labute approximate surface area is 204 Å². The Kier molecular flexibility index (Phi) is 7.21. The van der Waals surface area contributed by atoms with Crippen molar-refractivity contribution < 1.29 is 13.2 Å². The third-order valence-electron chi connectivity index (χ3n) is 5.84. The number of fused-ring (bicyclic) bond motifs is 1. The van der Waals surface area contributed by atoms with Crippen LogP contribution in [-0.2, 0) is 16.6 Å². The van der Waals surface area contributed by atoms with Crippen LogP contribution in [0.1, 0.15) is 46.7 Å². The van der Waals surface area contributed by atoms with Crippen LogP contribution in [-0.4, -0.2) is 37.3 Å². The van der Waals surface area contributed by atoms with E-state index < -0.39 is 10.0 Å². The lowest BCUT2D eigenvalue weighted by Gasteiger charge is -2.18. The first-order chi connectivity index (χ1) is 16.3. The smallest absolute Gasteiger partial charge is 0.268 e. The maximum atomic E-state index is 13.5. The van der Waals surface area contributed by atoms with Gasteiger partial charge >= 0.3 is 0 Å². The van der Waals surface area contributed by atoms with Crippen LogP contribution in [0.3, 0.4) is 0 Å². The molecule has 178 valence electrons. The number of nitrogens with one attached hydrogen (secondary N) is 1. The molecular weight excluding hydrogens is 466 g/mol. The van der Waals surface area contributed by atoms with Gasteiger partial charge in [-0.3, -0.25) is 4.79 Å². The monoisotopic (exact) mass is 495 g/mol. The van der Waals surface area contributed by atoms with Gasteiger partial charge in [-0.15, -0.1) is 11.3 Å². The molecule has 4 rings (SSSR count). The fourth-order valence-corrected chi connectivity index (χ4v) is 5.79. The zero-order valence-corrected chi connectivity index (χ0v) is 21.2. The topological polar surface area (TPSA) is 71.4 Å². The lowest BCUT2D eigenvalue weighted by molar-refractivity contribution is 0.0926. The number of benzene rings is 2.